The van der Waals surface area contributed by atoms with Crippen molar-refractivity contribution < 1.29 is 10.0 Å². The fraction of sp³-hybridized carbons (Fsp3) is 1.00. The fourth-order valence-electron chi connectivity index (χ4n) is 1.41. The molecule has 0 saturated carbocycles. The first-order chi connectivity index (χ1) is 4.72. The summed E-state index contributed by atoms with van der Waals surface area (Å²) in [6.07, 6.45) is 1.26. The molecule has 2 heteroatoms. The molecule has 0 aromatic carbocycles. The van der Waals surface area contributed by atoms with Crippen LogP contribution in [0.3, 0.4) is 0 Å². The highest BCUT2D eigenvalue weighted by Crippen LogP contribution is 1.96. The average molecular weight is 144 g/mol. The maximum atomic E-state index is 8.98. The molecule has 1 atom stereocenters. The van der Waals surface area contributed by atoms with Crippen molar-refractivity contribution in [1.29, 1.82) is 0 Å². The van der Waals surface area contributed by atoms with Crippen molar-refractivity contribution >= 4 is 0 Å². The first-order valence-corrected chi connectivity index (χ1v) is 4.24. The van der Waals surface area contributed by atoms with Gasteiger partial charge in [0.15, 0.2) is 6.10 Å². The van der Waals surface area contributed by atoms with Crippen molar-refractivity contribution in [3.8, 4) is 0 Å². The van der Waals surface area contributed by atoms with Crippen molar-refractivity contribution in [2.45, 2.75) is 26.4 Å². The number of hydrogen-bond donors (Lipinski definition) is 2. The Balaban J connectivity index is 2.04. The molecule has 1 rings (SSSR count). The Labute approximate surface area is 62.8 Å². The van der Waals surface area contributed by atoms with Gasteiger partial charge in [0, 0.05) is 5.92 Å². The van der Waals surface area contributed by atoms with Gasteiger partial charge < -0.3 is 10.0 Å². The molecule has 1 aliphatic heterocycles. The van der Waals surface area contributed by atoms with Crippen LogP contribution in [-0.4, -0.2) is 30.8 Å². The van der Waals surface area contributed by atoms with Crippen molar-refractivity contribution in [3.05, 3.63) is 0 Å². The van der Waals surface area contributed by atoms with Crippen molar-refractivity contribution in [3.63, 3.8) is 0 Å². The Morgan fingerprint density at radius 2 is 2.20 bits per heavy atom. The zero-order valence-electron chi connectivity index (χ0n) is 6.93. The lowest BCUT2D eigenvalue weighted by Crippen LogP contribution is -3.21. The van der Waals surface area contributed by atoms with E-state index < -0.39 is 0 Å². The van der Waals surface area contributed by atoms with Crippen LogP contribution >= 0.6 is 0 Å². The van der Waals surface area contributed by atoms with Gasteiger partial charge in [-0.05, 0) is 6.42 Å². The smallest absolute Gasteiger partial charge is 0.152 e. The van der Waals surface area contributed by atoms with Crippen molar-refractivity contribution in [2.24, 2.45) is 5.92 Å². The zero-order chi connectivity index (χ0) is 7.56. The zero-order valence-corrected chi connectivity index (χ0v) is 6.93. The molecular weight excluding hydrogens is 126 g/mol. The largest absolute Gasteiger partial charge is 0.382 e. The van der Waals surface area contributed by atoms with Gasteiger partial charge in [-0.15, -0.1) is 0 Å². The van der Waals surface area contributed by atoms with Crippen LogP contribution in [-0.2, 0) is 0 Å². The summed E-state index contributed by atoms with van der Waals surface area (Å²) in [5.41, 5.74) is 0. The third-order valence-electron chi connectivity index (χ3n) is 2.38. The van der Waals surface area contributed by atoms with Gasteiger partial charge in [-0.3, -0.25) is 0 Å². The molecule has 1 unspecified atom stereocenters. The van der Waals surface area contributed by atoms with Gasteiger partial charge in [-0.2, -0.15) is 0 Å². The van der Waals surface area contributed by atoms with Gasteiger partial charge >= 0.3 is 0 Å². The molecule has 0 aromatic rings. The quantitative estimate of drug-likeness (QED) is 0.537. The molecule has 60 valence electrons. The number of likely N-dealkylation sites (tertiary alicyclic amines) is 1. The van der Waals surface area contributed by atoms with Crippen molar-refractivity contribution in [2.75, 3.05) is 19.6 Å². The summed E-state index contributed by atoms with van der Waals surface area (Å²) < 4.78 is 0. The highest BCUT2D eigenvalue weighted by atomic mass is 16.3. The minimum atomic E-state index is -0.000874. The topological polar surface area (TPSA) is 24.7 Å². The molecule has 1 fully saturated rings. The van der Waals surface area contributed by atoms with E-state index in [2.05, 4.69) is 13.8 Å². The second-order valence-corrected chi connectivity index (χ2v) is 3.53. The van der Waals surface area contributed by atoms with E-state index in [4.69, 9.17) is 5.11 Å². The summed E-state index contributed by atoms with van der Waals surface area (Å²) in [6, 6.07) is 0. The predicted molar refractivity (Wildman–Crippen MR) is 41.0 cm³/mol. The van der Waals surface area contributed by atoms with E-state index in [1.54, 1.807) is 4.90 Å². The van der Waals surface area contributed by atoms with Gasteiger partial charge in [-0.25, -0.2) is 0 Å². The summed E-state index contributed by atoms with van der Waals surface area (Å²) in [6.45, 7) is 7.69. The Morgan fingerprint density at radius 1 is 1.60 bits per heavy atom. The molecule has 0 radical (unpaired) electrons. The SMILES string of the molecule is CCC(C)C[NH+]1CC(O)C1. The third-order valence-corrected chi connectivity index (χ3v) is 2.38. The first kappa shape index (κ1) is 8.02. The van der Waals surface area contributed by atoms with E-state index in [9.17, 15) is 0 Å². The lowest BCUT2D eigenvalue weighted by Gasteiger charge is -2.33. The minimum Gasteiger partial charge on any atom is -0.382 e. The fourth-order valence-corrected chi connectivity index (χ4v) is 1.41. The molecule has 1 aliphatic rings. The Hall–Kier alpha value is -0.0800. The van der Waals surface area contributed by atoms with Crippen LogP contribution in [0.2, 0.25) is 0 Å². The number of aliphatic hydroxyl groups is 1. The van der Waals surface area contributed by atoms with Crippen LogP contribution in [0.1, 0.15) is 20.3 Å². The van der Waals surface area contributed by atoms with Gasteiger partial charge in [-0.1, -0.05) is 13.8 Å². The van der Waals surface area contributed by atoms with Gasteiger partial charge in [0.1, 0.15) is 13.1 Å². The average Bonchev–Trinajstić information content (AvgIpc) is 1.84. The summed E-state index contributed by atoms with van der Waals surface area (Å²) in [7, 11) is 0. The van der Waals surface area contributed by atoms with Crippen LogP contribution in [0.4, 0.5) is 0 Å². The lowest BCUT2D eigenvalue weighted by atomic mass is 10.1. The minimum absolute atomic E-state index is 0.000874. The molecule has 0 aromatic heterocycles. The molecule has 1 heterocycles. The summed E-state index contributed by atoms with van der Waals surface area (Å²) in [4.78, 5) is 1.57. The van der Waals surface area contributed by atoms with Crippen LogP contribution in [0.5, 0.6) is 0 Å². The summed E-state index contributed by atoms with van der Waals surface area (Å²) in [5.74, 6) is 0.822. The Kier molecular flexibility index (Phi) is 2.69. The van der Waals surface area contributed by atoms with E-state index >= 15 is 0 Å². The van der Waals surface area contributed by atoms with Crippen LogP contribution in [0, 0.1) is 5.92 Å². The number of quaternary nitrogens is 1. The number of nitrogens with one attached hydrogen (secondary N) is 1. The van der Waals surface area contributed by atoms with Crippen LogP contribution < -0.4 is 4.90 Å². The Bertz CT molecular complexity index is 99.4. The highest BCUT2D eigenvalue weighted by molar-refractivity contribution is 4.59. The molecule has 0 aliphatic carbocycles. The molecule has 10 heavy (non-hydrogen) atoms. The monoisotopic (exact) mass is 144 g/mol. The summed E-state index contributed by atoms with van der Waals surface area (Å²) in [5, 5.41) is 8.98. The number of aliphatic hydroxyl groups excluding tert-OH is 1. The van der Waals surface area contributed by atoms with E-state index in [0.29, 0.717) is 0 Å². The normalized spacial score (nSPS) is 35.1. The third kappa shape index (κ3) is 1.96. The second-order valence-electron chi connectivity index (χ2n) is 3.53. The maximum Gasteiger partial charge on any atom is 0.152 e. The summed E-state index contributed by atoms with van der Waals surface area (Å²) >= 11 is 0. The second kappa shape index (κ2) is 3.35. The Morgan fingerprint density at radius 3 is 2.60 bits per heavy atom. The molecule has 2 N–H and O–H groups in total. The molecule has 2 nitrogen and oxygen atoms in total. The van der Waals surface area contributed by atoms with Gasteiger partial charge in [0.05, 0.1) is 6.54 Å². The van der Waals surface area contributed by atoms with E-state index in [1.807, 2.05) is 0 Å². The van der Waals surface area contributed by atoms with Gasteiger partial charge in [0.2, 0.25) is 0 Å². The first-order valence-electron chi connectivity index (χ1n) is 4.24. The van der Waals surface area contributed by atoms with Crippen molar-refractivity contribution in [1.82, 2.24) is 0 Å². The van der Waals surface area contributed by atoms with Gasteiger partial charge in [0.25, 0.3) is 0 Å². The molecule has 0 amide bonds. The van der Waals surface area contributed by atoms with Crippen LogP contribution in [0.25, 0.3) is 0 Å². The molecule has 0 spiro atoms. The van der Waals surface area contributed by atoms with E-state index in [1.165, 1.54) is 13.0 Å². The van der Waals surface area contributed by atoms with E-state index in [0.717, 1.165) is 19.0 Å². The highest BCUT2D eigenvalue weighted by Gasteiger charge is 2.29. The standard InChI is InChI=1S/C8H17NO/c1-3-7(2)4-9-5-8(10)6-9/h7-8,10H,3-6H2,1-2H3/p+1. The predicted octanol–water partition coefficient (Wildman–Crippen LogP) is -0.708. The maximum absolute atomic E-state index is 8.98. The lowest BCUT2D eigenvalue weighted by molar-refractivity contribution is -0.951. The van der Waals surface area contributed by atoms with E-state index in [-0.39, 0.29) is 6.10 Å². The number of hydrogen-bond acceptors (Lipinski definition) is 1. The number of rotatable bonds is 3. The molecular formula is C8H18NO+. The molecule has 0 bridgehead atoms. The molecule has 1 saturated heterocycles. The van der Waals surface area contributed by atoms with Crippen LogP contribution in [0.15, 0.2) is 0 Å².